The molecule has 2 aliphatic rings. The molecule has 13 heavy (non-hydrogen) atoms. The summed E-state index contributed by atoms with van der Waals surface area (Å²) in [6, 6.07) is 2.41. The first-order valence-corrected chi connectivity index (χ1v) is 4.99. The third kappa shape index (κ3) is 1.41. The van der Waals surface area contributed by atoms with E-state index < -0.39 is 0 Å². The number of rotatable bonds is 1. The van der Waals surface area contributed by atoms with Gasteiger partial charge in [-0.15, -0.1) is 0 Å². The lowest BCUT2D eigenvalue weighted by molar-refractivity contribution is -0.131. The molecule has 1 saturated carbocycles. The Morgan fingerprint density at radius 1 is 1.46 bits per heavy atom. The van der Waals surface area contributed by atoms with Crippen LogP contribution >= 0.6 is 0 Å². The second kappa shape index (κ2) is 3.37. The fraction of sp³-hybridized carbons (Fsp3) is 0.800. The van der Waals surface area contributed by atoms with Crippen molar-refractivity contribution >= 4 is 5.91 Å². The Hall–Kier alpha value is -1.04. The van der Waals surface area contributed by atoms with E-state index in [4.69, 9.17) is 5.26 Å². The number of nitrogens with zero attached hydrogens (tertiary/aromatic N) is 2. The molecule has 0 aromatic heterocycles. The highest BCUT2D eigenvalue weighted by Gasteiger charge is 2.39. The van der Waals surface area contributed by atoms with Crippen LogP contribution in [0.15, 0.2) is 0 Å². The van der Waals surface area contributed by atoms with Crippen molar-refractivity contribution in [3.63, 3.8) is 0 Å². The number of likely N-dealkylation sites (tertiary alicyclic amines) is 1. The van der Waals surface area contributed by atoms with E-state index in [1.54, 1.807) is 0 Å². The molecular weight excluding hydrogens is 164 g/mol. The highest BCUT2D eigenvalue weighted by Crippen LogP contribution is 2.37. The summed E-state index contributed by atoms with van der Waals surface area (Å²) in [4.78, 5) is 13.4. The average Bonchev–Trinajstić information content (AvgIpc) is 2.62. The molecule has 0 N–H and O–H groups in total. The smallest absolute Gasteiger partial charge is 0.237 e. The van der Waals surface area contributed by atoms with Crippen molar-refractivity contribution in [1.82, 2.24) is 4.90 Å². The van der Waals surface area contributed by atoms with Gasteiger partial charge in [-0.2, -0.15) is 5.26 Å². The van der Waals surface area contributed by atoms with E-state index in [1.165, 1.54) is 12.8 Å². The Bertz CT molecular complexity index is 256. The van der Waals surface area contributed by atoms with Gasteiger partial charge in [-0.3, -0.25) is 4.79 Å². The molecule has 0 aromatic carbocycles. The number of nitriles is 1. The number of carbonyl (C=O) groups is 1. The molecule has 1 aliphatic heterocycles. The van der Waals surface area contributed by atoms with Gasteiger partial charge in [0.25, 0.3) is 0 Å². The molecule has 1 aliphatic carbocycles. The minimum Gasteiger partial charge on any atom is -0.339 e. The van der Waals surface area contributed by atoms with Crippen molar-refractivity contribution in [2.24, 2.45) is 5.92 Å². The third-order valence-electron chi connectivity index (χ3n) is 3.31. The zero-order chi connectivity index (χ0) is 9.26. The van der Waals surface area contributed by atoms with Gasteiger partial charge in [0.2, 0.25) is 5.91 Å². The van der Waals surface area contributed by atoms with Gasteiger partial charge in [-0.05, 0) is 25.2 Å². The first-order valence-electron chi connectivity index (χ1n) is 4.99. The van der Waals surface area contributed by atoms with E-state index in [1.807, 2.05) is 11.0 Å². The number of amides is 1. The van der Waals surface area contributed by atoms with Gasteiger partial charge in [0, 0.05) is 12.6 Å². The maximum absolute atomic E-state index is 11.5. The average molecular weight is 178 g/mol. The van der Waals surface area contributed by atoms with Crippen LogP contribution < -0.4 is 0 Å². The summed E-state index contributed by atoms with van der Waals surface area (Å²) in [6.45, 7) is 0.885. The van der Waals surface area contributed by atoms with Crippen molar-refractivity contribution in [2.45, 2.75) is 38.1 Å². The topological polar surface area (TPSA) is 44.1 Å². The minimum atomic E-state index is 0.0388. The van der Waals surface area contributed by atoms with Crippen molar-refractivity contribution < 1.29 is 4.79 Å². The molecule has 70 valence electrons. The maximum Gasteiger partial charge on any atom is 0.237 e. The number of hydrogen-bond acceptors (Lipinski definition) is 2. The molecule has 0 aromatic rings. The summed E-state index contributed by atoms with van der Waals surface area (Å²) >= 11 is 0. The summed E-state index contributed by atoms with van der Waals surface area (Å²) in [5.41, 5.74) is 0. The second-order valence-electron chi connectivity index (χ2n) is 3.97. The largest absolute Gasteiger partial charge is 0.339 e. The van der Waals surface area contributed by atoms with Crippen LogP contribution in [0.25, 0.3) is 0 Å². The van der Waals surface area contributed by atoms with E-state index in [9.17, 15) is 4.79 Å². The molecule has 0 radical (unpaired) electrons. The fourth-order valence-electron chi connectivity index (χ4n) is 2.71. The van der Waals surface area contributed by atoms with Crippen LogP contribution in [0.5, 0.6) is 0 Å². The van der Waals surface area contributed by atoms with Crippen LogP contribution in [-0.2, 0) is 4.79 Å². The monoisotopic (exact) mass is 178 g/mol. The first-order chi connectivity index (χ1) is 6.33. The first kappa shape index (κ1) is 8.55. The number of fused-ring (bicyclic) bond motifs is 1. The standard InChI is InChI=1S/C10H14N2O/c11-6-4-10(13)12-7-5-8-2-1-3-9(8)12/h8-9H,1-5,7H2. The molecule has 3 heteroatoms. The molecule has 0 spiro atoms. The van der Waals surface area contributed by atoms with Gasteiger partial charge in [-0.25, -0.2) is 0 Å². The normalized spacial score (nSPS) is 31.5. The molecule has 1 amide bonds. The molecule has 2 unspecified atom stereocenters. The number of hydrogen-bond donors (Lipinski definition) is 0. The van der Waals surface area contributed by atoms with Gasteiger partial charge in [-0.1, -0.05) is 6.42 Å². The number of carbonyl (C=O) groups excluding carboxylic acids is 1. The lowest BCUT2D eigenvalue weighted by Crippen LogP contribution is -2.35. The lowest BCUT2D eigenvalue weighted by atomic mass is 10.0. The molecule has 1 heterocycles. The van der Waals surface area contributed by atoms with E-state index in [0.717, 1.165) is 25.3 Å². The zero-order valence-electron chi connectivity index (χ0n) is 7.70. The molecule has 2 atom stereocenters. The Morgan fingerprint density at radius 3 is 3.08 bits per heavy atom. The van der Waals surface area contributed by atoms with E-state index in [0.29, 0.717) is 6.04 Å². The van der Waals surface area contributed by atoms with Crippen LogP contribution in [0.4, 0.5) is 0 Å². The van der Waals surface area contributed by atoms with Crippen LogP contribution in [0.2, 0.25) is 0 Å². The van der Waals surface area contributed by atoms with Crippen molar-refractivity contribution in [2.75, 3.05) is 6.54 Å². The quantitative estimate of drug-likeness (QED) is 0.607. The van der Waals surface area contributed by atoms with Crippen molar-refractivity contribution in [3.05, 3.63) is 0 Å². The Labute approximate surface area is 78.3 Å². The van der Waals surface area contributed by atoms with Gasteiger partial charge in [0.15, 0.2) is 0 Å². The summed E-state index contributed by atoms with van der Waals surface area (Å²) in [5, 5.41) is 8.44. The van der Waals surface area contributed by atoms with Gasteiger partial charge >= 0.3 is 0 Å². The molecular formula is C10H14N2O. The van der Waals surface area contributed by atoms with E-state index in [-0.39, 0.29) is 12.3 Å². The summed E-state index contributed by atoms with van der Waals surface area (Å²) in [6.07, 6.45) is 4.90. The van der Waals surface area contributed by atoms with Gasteiger partial charge < -0.3 is 4.90 Å². The van der Waals surface area contributed by atoms with Crippen LogP contribution in [0.1, 0.15) is 32.1 Å². The molecule has 2 fully saturated rings. The van der Waals surface area contributed by atoms with Crippen LogP contribution in [0.3, 0.4) is 0 Å². The summed E-state index contributed by atoms with van der Waals surface area (Å²) in [5.74, 6) is 0.777. The fourth-order valence-corrected chi connectivity index (χ4v) is 2.71. The second-order valence-corrected chi connectivity index (χ2v) is 3.97. The zero-order valence-corrected chi connectivity index (χ0v) is 7.70. The van der Waals surface area contributed by atoms with Gasteiger partial charge in [0.05, 0.1) is 6.07 Å². The minimum absolute atomic E-state index is 0.0388. The predicted molar refractivity (Wildman–Crippen MR) is 47.7 cm³/mol. The highest BCUT2D eigenvalue weighted by atomic mass is 16.2. The molecule has 2 rings (SSSR count). The summed E-state index contributed by atoms with van der Waals surface area (Å²) < 4.78 is 0. The third-order valence-corrected chi connectivity index (χ3v) is 3.31. The SMILES string of the molecule is N#CCC(=O)N1CCC2CCCC21. The molecule has 3 nitrogen and oxygen atoms in total. The van der Waals surface area contributed by atoms with Crippen LogP contribution in [0, 0.1) is 17.2 Å². The molecule has 1 saturated heterocycles. The Kier molecular flexibility index (Phi) is 2.22. The van der Waals surface area contributed by atoms with Crippen LogP contribution in [-0.4, -0.2) is 23.4 Å². The van der Waals surface area contributed by atoms with Gasteiger partial charge in [0.1, 0.15) is 6.42 Å². The Morgan fingerprint density at radius 2 is 2.31 bits per heavy atom. The molecule has 0 bridgehead atoms. The van der Waals surface area contributed by atoms with Crippen molar-refractivity contribution in [1.29, 1.82) is 5.26 Å². The lowest BCUT2D eigenvalue weighted by Gasteiger charge is -2.22. The highest BCUT2D eigenvalue weighted by molar-refractivity contribution is 5.78. The maximum atomic E-state index is 11.5. The summed E-state index contributed by atoms with van der Waals surface area (Å²) in [7, 11) is 0. The van der Waals surface area contributed by atoms with Crippen molar-refractivity contribution in [3.8, 4) is 6.07 Å². The van der Waals surface area contributed by atoms with E-state index >= 15 is 0 Å². The predicted octanol–water partition coefficient (Wildman–Crippen LogP) is 1.30. The van der Waals surface area contributed by atoms with E-state index in [2.05, 4.69) is 0 Å². The Balaban J connectivity index is 2.01.